The molecular weight excluding hydrogens is 244 g/mol. The highest BCUT2D eigenvalue weighted by Gasteiger charge is 2.37. The topological polar surface area (TPSA) is 83.6 Å². The van der Waals surface area contributed by atoms with E-state index < -0.39 is 15.9 Å². The first-order chi connectivity index (χ1) is 7.85. The number of nitrogens with one attached hydrogen (secondary N) is 1. The number of carbonyl (C=O) groups excluding carboxylic acids is 2. The Morgan fingerprint density at radius 1 is 1.41 bits per heavy atom. The summed E-state index contributed by atoms with van der Waals surface area (Å²) < 4.78 is 21.8. The van der Waals surface area contributed by atoms with E-state index in [0.29, 0.717) is 6.54 Å². The zero-order valence-corrected chi connectivity index (χ0v) is 10.9. The third kappa shape index (κ3) is 4.08. The quantitative estimate of drug-likeness (QED) is 0.631. The maximum Gasteiger partial charge on any atom is 0.246 e. The molecule has 0 saturated carbocycles. The number of amides is 2. The largest absolute Gasteiger partial charge is 0.304 e. The van der Waals surface area contributed by atoms with Crippen molar-refractivity contribution in [3.63, 3.8) is 0 Å². The van der Waals surface area contributed by atoms with Gasteiger partial charge in [-0.3, -0.25) is 14.5 Å². The fraction of sp³-hybridized carbons (Fsp3) is 0.800. The Bertz CT molecular complexity index is 405. The lowest BCUT2D eigenvalue weighted by Crippen LogP contribution is -2.40. The van der Waals surface area contributed by atoms with Crippen molar-refractivity contribution < 1.29 is 18.0 Å². The summed E-state index contributed by atoms with van der Waals surface area (Å²) >= 11 is 0. The summed E-state index contributed by atoms with van der Waals surface area (Å²) in [6, 6.07) is -0.559. The molecule has 1 fully saturated rings. The van der Waals surface area contributed by atoms with Crippen LogP contribution in [0, 0.1) is 0 Å². The molecule has 98 valence electrons. The monoisotopic (exact) mass is 262 g/mol. The molecule has 0 aromatic carbocycles. The van der Waals surface area contributed by atoms with Gasteiger partial charge in [-0.2, -0.15) is 0 Å². The van der Waals surface area contributed by atoms with Gasteiger partial charge in [0.25, 0.3) is 0 Å². The highest BCUT2D eigenvalue weighted by atomic mass is 32.2. The van der Waals surface area contributed by atoms with Crippen molar-refractivity contribution in [1.82, 2.24) is 10.2 Å². The third-order valence-electron chi connectivity index (χ3n) is 2.55. The third-order valence-corrected chi connectivity index (χ3v) is 3.50. The van der Waals surface area contributed by atoms with Crippen molar-refractivity contribution >= 4 is 21.7 Å². The molecule has 7 heteroatoms. The van der Waals surface area contributed by atoms with Gasteiger partial charge in [0, 0.05) is 19.3 Å². The molecule has 0 aliphatic carbocycles. The van der Waals surface area contributed by atoms with Gasteiger partial charge in [0.2, 0.25) is 11.8 Å². The van der Waals surface area contributed by atoms with Crippen LogP contribution in [0.2, 0.25) is 0 Å². The van der Waals surface area contributed by atoms with Crippen molar-refractivity contribution in [2.75, 3.05) is 25.1 Å². The molecule has 1 aliphatic heterocycles. The number of hydrogen-bond donors (Lipinski definition) is 1. The lowest BCUT2D eigenvalue weighted by molar-refractivity contribution is -0.138. The second kappa shape index (κ2) is 5.59. The van der Waals surface area contributed by atoms with Crippen LogP contribution in [0.5, 0.6) is 0 Å². The normalized spacial score (nSPS) is 21.3. The van der Waals surface area contributed by atoms with Crippen molar-refractivity contribution in [3.05, 3.63) is 0 Å². The van der Waals surface area contributed by atoms with E-state index >= 15 is 0 Å². The van der Waals surface area contributed by atoms with Crippen molar-refractivity contribution in [2.24, 2.45) is 0 Å². The van der Waals surface area contributed by atoms with Crippen LogP contribution >= 0.6 is 0 Å². The molecule has 1 rings (SSSR count). The minimum atomic E-state index is -3.04. The zero-order valence-electron chi connectivity index (χ0n) is 10.1. The molecule has 0 spiro atoms. The first kappa shape index (κ1) is 14.1. The van der Waals surface area contributed by atoms with Gasteiger partial charge in [0.15, 0.2) is 0 Å². The predicted octanol–water partition coefficient (Wildman–Crippen LogP) is -0.842. The fourth-order valence-electron chi connectivity index (χ4n) is 1.72. The minimum absolute atomic E-state index is 0.0290. The molecule has 6 nitrogen and oxygen atoms in total. The molecule has 2 amide bonds. The summed E-state index contributed by atoms with van der Waals surface area (Å²) in [5.74, 6) is -0.460. The number of rotatable bonds is 6. The summed E-state index contributed by atoms with van der Waals surface area (Å²) in [5, 5.41) is 2.82. The Morgan fingerprint density at radius 2 is 2.06 bits per heavy atom. The predicted molar refractivity (Wildman–Crippen MR) is 63.1 cm³/mol. The Hall–Kier alpha value is -0.950. The van der Waals surface area contributed by atoms with Crippen molar-refractivity contribution in [2.45, 2.75) is 25.8 Å². The van der Waals surface area contributed by atoms with E-state index in [1.54, 1.807) is 0 Å². The maximum atomic E-state index is 11.8. The highest BCUT2D eigenvalue weighted by Crippen LogP contribution is 2.13. The molecule has 0 aromatic rings. The number of carbonyl (C=O) groups is 2. The van der Waals surface area contributed by atoms with E-state index in [9.17, 15) is 18.0 Å². The van der Waals surface area contributed by atoms with Crippen LogP contribution < -0.4 is 5.32 Å². The Labute approximate surface area is 101 Å². The molecule has 1 unspecified atom stereocenters. The first-order valence-electron chi connectivity index (χ1n) is 5.60. The second-order valence-electron chi connectivity index (χ2n) is 4.22. The molecule has 0 aromatic heterocycles. The fourth-order valence-corrected chi connectivity index (χ4v) is 2.21. The van der Waals surface area contributed by atoms with Gasteiger partial charge < -0.3 is 5.32 Å². The van der Waals surface area contributed by atoms with E-state index in [-0.39, 0.29) is 30.5 Å². The minimum Gasteiger partial charge on any atom is -0.304 e. The van der Waals surface area contributed by atoms with Crippen LogP contribution in [-0.4, -0.2) is 56.3 Å². The molecular formula is C10H18N2O4S. The van der Waals surface area contributed by atoms with Crippen molar-refractivity contribution in [3.8, 4) is 0 Å². The van der Waals surface area contributed by atoms with Crippen LogP contribution in [0.25, 0.3) is 0 Å². The van der Waals surface area contributed by atoms with Crippen LogP contribution in [0.1, 0.15) is 19.8 Å². The number of hydrogen-bond acceptors (Lipinski definition) is 5. The summed E-state index contributed by atoms with van der Waals surface area (Å²) in [4.78, 5) is 24.5. The lowest BCUT2D eigenvalue weighted by Gasteiger charge is -2.14. The smallest absolute Gasteiger partial charge is 0.246 e. The number of likely N-dealkylation sites (tertiary alicyclic amines) is 1. The van der Waals surface area contributed by atoms with Gasteiger partial charge in [-0.15, -0.1) is 0 Å². The lowest BCUT2D eigenvalue weighted by atomic mass is 10.2. The number of imide groups is 1. The van der Waals surface area contributed by atoms with E-state index in [2.05, 4.69) is 5.32 Å². The first-order valence-corrected chi connectivity index (χ1v) is 7.66. The van der Waals surface area contributed by atoms with Gasteiger partial charge in [0.1, 0.15) is 9.84 Å². The summed E-state index contributed by atoms with van der Waals surface area (Å²) in [7, 11) is -3.04. The number of nitrogens with zero attached hydrogens (tertiary/aromatic N) is 1. The standard InChI is InChI=1S/C10H18N2O4S/c1-3-5-12-9(13)7-8(10(12)14)11-4-6-17(2,15)16/h8,11H,3-7H2,1-2H3. The molecule has 0 bridgehead atoms. The van der Waals surface area contributed by atoms with Crippen LogP contribution in [0.4, 0.5) is 0 Å². The molecule has 1 aliphatic rings. The van der Waals surface area contributed by atoms with Gasteiger partial charge in [-0.05, 0) is 6.42 Å². The highest BCUT2D eigenvalue weighted by molar-refractivity contribution is 7.90. The average molecular weight is 262 g/mol. The van der Waals surface area contributed by atoms with E-state index in [1.165, 1.54) is 4.90 Å². The zero-order chi connectivity index (χ0) is 13.1. The van der Waals surface area contributed by atoms with Gasteiger partial charge >= 0.3 is 0 Å². The van der Waals surface area contributed by atoms with E-state index in [4.69, 9.17) is 0 Å². The Morgan fingerprint density at radius 3 is 2.59 bits per heavy atom. The van der Waals surface area contributed by atoms with E-state index in [1.807, 2.05) is 6.92 Å². The van der Waals surface area contributed by atoms with Crippen LogP contribution in [0.3, 0.4) is 0 Å². The molecule has 1 atom stereocenters. The molecule has 1 N–H and O–H groups in total. The van der Waals surface area contributed by atoms with Gasteiger partial charge in [-0.1, -0.05) is 6.92 Å². The molecule has 1 saturated heterocycles. The van der Waals surface area contributed by atoms with Gasteiger partial charge in [0.05, 0.1) is 18.2 Å². The maximum absolute atomic E-state index is 11.8. The summed E-state index contributed by atoms with van der Waals surface area (Å²) in [5.41, 5.74) is 0. The second-order valence-corrected chi connectivity index (χ2v) is 6.48. The van der Waals surface area contributed by atoms with E-state index in [0.717, 1.165) is 12.7 Å². The summed E-state index contributed by atoms with van der Waals surface area (Å²) in [6.07, 6.45) is 2.00. The molecule has 0 radical (unpaired) electrons. The van der Waals surface area contributed by atoms with Crippen molar-refractivity contribution in [1.29, 1.82) is 0 Å². The van der Waals surface area contributed by atoms with Crippen LogP contribution in [0.15, 0.2) is 0 Å². The summed E-state index contributed by atoms with van der Waals surface area (Å²) in [6.45, 7) is 2.52. The van der Waals surface area contributed by atoms with Crippen LogP contribution in [-0.2, 0) is 19.4 Å². The average Bonchev–Trinajstić information content (AvgIpc) is 2.45. The van der Waals surface area contributed by atoms with Gasteiger partial charge in [-0.25, -0.2) is 8.42 Å². The Balaban J connectivity index is 2.47. The molecule has 1 heterocycles. The molecule has 17 heavy (non-hydrogen) atoms. The SMILES string of the molecule is CCCN1C(=O)CC(NCCS(C)(=O)=O)C1=O. The Kier molecular flexibility index (Phi) is 4.64. The number of sulfone groups is 1.